The number of hydrogen-bond donors (Lipinski definition) is 0. The van der Waals surface area contributed by atoms with Crippen LogP contribution in [0.1, 0.15) is 67.0 Å². The Morgan fingerprint density at radius 3 is 2.44 bits per heavy atom. The van der Waals surface area contributed by atoms with Gasteiger partial charge < -0.3 is 18.9 Å². The number of rotatable bonds is 9. The van der Waals surface area contributed by atoms with Crippen molar-refractivity contribution in [3.05, 3.63) is 66.1 Å². The van der Waals surface area contributed by atoms with E-state index < -0.39 is 5.79 Å². The maximum absolute atomic E-state index is 13.8. The van der Waals surface area contributed by atoms with Crippen molar-refractivity contribution in [3.63, 3.8) is 0 Å². The summed E-state index contributed by atoms with van der Waals surface area (Å²) in [6.07, 6.45) is 4.68. The van der Waals surface area contributed by atoms with E-state index in [9.17, 15) is 9.18 Å². The summed E-state index contributed by atoms with van der Waals surface area (Å²) in [4.78, 5) is 15.2. The van der Waals surface area contributed by atoms with Crippen molar-refractivity contribution in [1.82, 2.24) is 9.47 Å². The van der Waals surface area contributed by atoms with Crippen LogP contribution in [0.25, 0.3) is 28.1 Å². The molecule has 2 atom stereocenters. The minimum atomic E-state index is -0.809. The second kappa shape index (κ2) is 12.1. The van der Waals surface area contributed by atoms with E-state index in [0.717, 1.165) is 40.8 Å². The van der Waals surface area contributed by atoms with E-state index in [0.29, 0.717) is 18.8 Å². The number of carbonyl (C=O) groups excluding carboxylic acids is 1. The Labute approximate surface area is 232 Å². The van der Waals surface area contributed by atoms with Gasteiger partial charge in [0, 0.05) is 47.7 Å². The van der Waals surface area contributed by atoms with E-state index >= 15 is 0 Å². The number of halogens is 1. The van der Waals surface area contributed by atoms with Crippen LogP contribution in [0.3, 0.4) is 0 Å². The molecule has 0 unspecified atom stereocenters. The lowest BCUT2D eigenvalue weighted by Gasteiger charge is -2.40. The Bertz CT molecular complexity index is 1310. The third kappa shape index (κ3) is 6.79. The SMILES string of the molecule is CCn1c(/C=C/[C@@H]2C[C@H](CC(=O)N(CC(C)C)C(C)C)OC(C)(C)O2)c(-c2ccc(F)cc2)c2ccccc21. The average Bonchev–Trinajstić information content (AvgIpc) is 3.18. The van der Waals surface area contributed by atoms with Crippen LogP contribution in [0.5, 0.6) is 0 Å². The highest BCUT2D eigenvalue weighted by Crippen LogP contribution is 2.37. The first-order chi connectivity index (χ1) is 18.5. The molecule has 6 heteroatoms. The largest absolute Gasteiger partial charge is 0.347 e. The molecule has 0 saturated carbocycles. The second-order valence-electron chi connectivity index (χ2n) is 11.7. The summed E-state index contributed by atoms with van der Waals surface area (Å²) >= 11 is 0. The molecule has 3 aromatic rings. The molecule has 1 aliphatic heterocycles. The average molecular weight is 535 g/mol. The van der Waals surface area contributed by atoms with Crippen LogP contribution >= 0.6 is 0 Å². The maximum atomic E-state index is 13.8. The van der Waals surface area contributed by atoms with Gasteiger partial charge in [-0.05, 0) is 70.4 Å². The Morgan fingerprint density at radius 1 is 1.10 bits per heavy atom. The predicted molar refractivity (Wildman–Crippen MR) is 157 cm³/mol. The van der Waals surface area contributed by atoms with Crippen molar-refractivity contribution in [2.45, 2.75) is 91.9 Å². The molecule has 4 rings (SSSR count). The number of carbonyl (C=O) groups is 1. The fourth-order valence-electron chi connectivity index (χ4n) is 5.65. The van der Waals surface area contributed by atoms with Gasteiger partial charge in [0.05, 0.1) is 18.6 Å². The van der Waals surface area contributed by atoms with Crippen molar-refractivity contribution in [3.8, 4) is 11.1 Å². The van der Waals surface area contributed by atoms with E-state index in [1.54, 1.807) is 0 Å². The molecule has 210 valence electrons. The third-order valence-corrected chi connectivity index (χ3v) is 7.22. The molecule has 1 aliphatic rings. The molecular formula is C33H43FN2O3. The lowest BCUT2D eigenvalue weighted by atomic mass is 10.00. The van der Waals surface area contributed by atoms with Crippen molar-refractivity contribution < 1.29 is 18.7 Å². The van der Waals surface area contributed by atoms with Crippen molar-refractivity contribution >= 4 is 22.9 Å². The van der Waals surface area contributed by atoms with Gasteiger partial charge in [-0.2, -0.15) is 0 Å². The van der Waals surface area contributed by atoms with Crippen molar-refractivity contribution in [1.29, 1.82) is 0 Å². The topological polar surface area (TPSA) is 43.7 Å². The molecule has 0 aliphatic carbocycles. The second-order valence-corrected chi connectivity index (χ2v) is 11.7. The van der Waals surface area contributed by atoms with Crippen LogP contribution in [0.15, 0.2) is 54.6 Å². The van der Waals surface area contributed by atoms with Gasteiger partial charge in [0.2, 0.25) is 5.91 Å². The molecule has 0 spiro atoms. The standard InChI is InChI=1S/C33H43FN2O3/c1-8-35-29-12-10-9-11-28(29)32(24-13-15-25(34)16-14-24)30(35)18-17-26-19-27(39-33(6,7)38-26)20-31(37)36(23(4)5)21-22(2)3/h9-18,22-23,26-27H,8,19-21H2,1-7H3/b18-17+/t26-,27-/m1/s1. The highest BCUT2D eigenvalue weighted by atomic mass is 19.1. The molecule has 0 radical (unpaired) electrons. The van der Waals surface area contributed by atoms with Gasteiger partial charge >= 0.3 is 0 Å². The number of benzene rings is 2. The molecule has 1 fully saturated rings. The number of ether oxygens (including phenoxy) is 2. The first kappa shape index (κ1) is 29.0. The Morgan fingerprint density at radius 2 is 1.79 bits per heavy atom. The fraction of sp³-hybridized carbons (Fsp3) is 0.485. The van der Waals surface area contributed by atoms with Gasteiger partial charge in [0.1, 0.15) is 5.82 Å². The van der Waals surface area contributed by atoms with Crippen molar-refractivity contribution in [2.75, 3.05) is 6.54 Å². The number of fused-ring (bicyclic) bond motifs is 1. The van der Waals surface area contributed by atoms with Crippen LogP contribution in [0.2, 0.25) is 0 Å². The lowest BCUT2D eigenvalue weighted by Crippen LogP contribution is -2.47. The van der Waals surface area contributed by atoms with Crippen LogP contribution in [0, 0.1) is 11.7 Å². The van der Waals surface area contributed by atoms with Crippen LogP contribution in [-0.4, -0.2) is 46.0 Å². The minimum absolute atomic E-state index is 0.119. The molecule has 2 aromatic carbocycles. The van der Waals surface area contributed by atoms with Gasteiger partial charge in [0.25, 0.3) is 0 Å². The van der Waals surface area contributed by atoms with Crippen LogP contribution < -0.4 is 0 Å². The predicted octanol–water partition coefficient (Wildman–Crippen LogP) is 7.67. The summed E-state index contributed by atoms with van der Waals surface area (Å²) in [5, 5.41) is 1.13. The smallest absolute Gasteiger partial charge is 0.225 e. The first-order valence-electron chi connectivity index (χ1n) is 14.2. The van der Waals surface area contributed by atoms with E-state index in [-0.39, 0.29) is 30.0 Å². The van der Waals surface area contributed by atoms with Crippen molar-refractivity contribution in [2.24, 2.45) is 5.92 Å². The molecule has 2 heterocycles. The summed E-state index contributed by atoms with van der Waals surface area (Å²) in [5.74, 6) is -0.539. The Hall–Kier alpha value is -2.96. The zero-order valence-electron chi connectivity index (χ0n) is 24.4. The number of para-hydroxylation sites is 1. The third-order valence-electron chi connectivity index (χ3n) is 7.22. The van der Waals surface area contributed by atoms with E-state index in [2.05, 4.69) is 63.5 Å². The van der Waals surface area contributed by atoms with E-state index in [1.165, 1.54) is 12.1 Å². The monoisotopic (exact) mass is 534 g/mol. The zero-order chi connectivity index (χ0) is 28.3. The normalized spacial score (nSPS) is 19.4. The molecule has 1 saturated heterocycles. The number of nitrogens with zero attached hydrogens (tertiary/aromatic N) is 2. The molecule has 0 bridgehead atoms. The highest BCUT2D eigenvalue weighted by molar-refractivity contribution is 6.00. The molecule has 0 N–H and O–H groups in total. The minimum Gasteiger partial charge on any atom is -0.347 e. The molecule has 39 heavy (non-hydrogen) atoms. The molecule has 5 nitrogen and oxygen atoms in total. The van der Waals surface area contributed by atoms with Gasteiger partial charge in [-0.25, -0.2) is 4.39 Å². The Kier molecular flexibility index (Phi) is 8.97. The van der Waals surface area contributed by atoms with E-state index in [4.69, 9.17) is 9.47 Å². The number of hydrogen-bond acceptors (Lipinski definition) is 3. The number of amides is 1. The van der Waals surface area contributed by atoms with Crippen LogP contribution in [-0.2, 0) is 20.8 Å². The molecule has 1 aromatic heterocycles. The first-order valence-corrected chi connectivity index (χ1v) is 14.2. The lowest BCUT2D eigenvalue weighted by molar-refractivity contribution is -0.290. The highest BCUT2D eigenvalue weighted by Gasteiger charge is 2.36. The quantitative estimate of drug-likeness (QED) is 0.283. The van der Waals surface area contributed by atoms with Crippen LogP contribution in [0.4, 0.5) is 4.39 Å². The molecular weight excluding hydrogens is 491 g/mol. The summed E-state index contributed by atoms with van der Waals surface area (Å²) in [5.41, 5.74) is 4.22. The number of aromatic nitrogens is 1. The van der Waals surface area contributed by atoms with Gasteiger partial charge in [-0.3, -0.25) is 4.79 Å². The Balaban J connectivity index is 1.64. The van der Waals surface area contributed by atoms with Gasteiger partial charge in [0.15, 0.2) is 5.79 Å². The van der Waals surface area contributed by atoms with Gasteiger partial charge in [-0.15, -0.1) is 0 Å². The molecule has 1 amide bonds. The van der Waals surface area contributed by atoms with Gasteiger partial charge in [-0.1, -0.05) is 50.3 Å². The maximum Gasteiger partial charge on any atom is 0.225 e. The number of aryl methyl sites for hydroxylation is 1. The summed E-state index contributed by atoms with van der Waals surface area (Å²) in [6, 6.07) is 15.1. The fourth-order valence-corrected chi connectivity index (χ4v) is 5.65. The summed E-state index contributed by atoms with van der Waals surface area (Å²) in [7, 11) is 0. The zero-order valence-corrected chi connectivity index (χ0v) is 24.4. The summed E-state index contributed by atoms with van der Waals surface area (Å²) in [6.45, 7) is 15.9. The summed E-state index contributed by atoms with van der Waals surface area (Å²) < 4.78 is 28.6. The van der Waals surface area contributed by atoms with E-state index in [1.807, 2.05) is 43.0 Å².